The van der Waals surface area contributed by atoms with Crippen LogP contribution in [0.1, 0.15) is 23.7 Å². The minimum atomic E-state index is -0.345. The summed E-state index contributed by atoms with van der Waals surface area (Å²) in [7, 11) is 1.53. The van der Waals surface area contributed by atoms with E-state index < -0.39 is 0 Å². The molecule has 0 radical (unpaired) electrons. The minimum Gasteiger partial charge on any atom is -0.397 e. The molecule has 0 fully saturated rings. The zero-order valence-electron chi connectivity index (χ0n) is 11.4. The Morgan fingerprint density at radius 2 is 2.00 bits per heavy atom. The molecule has 1 aromatic rings. The molecule has 0 bridgehead atoms. The highest BCUT2D eigenvalue weighted by atomic mass is 35.5. The number of amides is 2. The van der Waals surface area contributed by atoms with Gasteiger partial charge >= 0.3 is 0 Å². The van der Waals surface area contributed by atoms with Gasteiger partial charge in [0.15, 0.2) is 0 Å². The van der Waals surface area contributed by atoms with E-state index in [1.807, 2.05) is 6.92 Å². The van der Waals surface area contributed by atoms with Gasteiger partial charge in [-0.05, 0) is 18.6 Å². The maximum atomic E-state index is 12.2. The van der Waals surface area contributed by atoms with Gasteiger partial charge in [-0.1, -0.05) is 30.1 Å². The number of hydrogen-bond acceptors (Lipinski definition) is 3. The molecule has 5 nitrogen and oxygen atoms in total. The van der Waals surface area contributed by atoms with E-state index in [0.717, 1.165) is 6.42 Å². The second-order valence-corrected chi connectivity index (χ2v) is 5.16. The predicted molar refractivity (Wildman–Crippen MR) is 81.1 cm³/mol. The van der Waals surface area contributed by atoms with Crippen LogP contribution in [0.5, 0.6) is 0 Å². The van der Waals surface area contributed by atoms with Gasteiger partial charge in [-0.25, -0.2) is 0 Å². The molecule has 0 saturated heterocycles. The second kappa shape index (κ2) is 7.36. The predicted octanol–water partition coefficient (Wildman–Crippen LogP) is 2.17. The Labute approximate surface area is 128 Å². The summed E-state index contributed by atoms with van der Waals surface area (Å²) < 4.78 is 0. The number of nitrogen functional groups attached to an aromatic ring is 1. The Hall–Kier alpha value is -1.46. The molecule has 110 valence electrons. The normalized spacial score (nSPS) is 10.2. The molecular formula is C13H17Cl2N3O2. The number of anilines is 1. The van der Waals surface area contributed by atoms with Crippen LogP contribution in [0.4, 0.5) is 5.69 Å². The van der Waals surface area contributed by atoms with E-state index in [1.165, 1.54) is 24.1 Å². The Morgan fingerprint density at radius 3 is 2.55 bits per heavy atom. The highest BCUT2D eigenvalue weighted by Crippen LogP contribution is 2.29. The fourth-order valence-corrected chi connectivity index (χ4v) is 1.90. The number of rotatable bonds is 5. The molecule has 20 heavy (non-hydrogen) atoms. The molecule has 1 rings (SSSR count). The van der Waals surface area contributed by atoms with Gasteiger partial charge < -0.3 is 16.0 Å². The Bertz CT molecular complexity index is 497. The van der Waals surface area contributed by atoms with Gasteiger partial charge in [0.05, 0.1) is 22.3 Å². The standard InChI is InChI=1S/C13H17Cl2N3O2/c1-3-4-17-11(19)7-18(2)13(20)8-5-9(14)12(15)10(16)6-8/h5-6H,3-4,7,16H2,1-2H3,(H,17,19). The number of carbonyl (C=O) groups excluding carboxylic acids is 2. The van der Waals surface area contributed by atoms with Crippen LogP contribution in [0.25, 0.3) is 0 Å². The first-order chi connectivity index (χ1) is 9.36. The van der Waals surface area contributed by atoms with Crippen molar-refractivity contribution in [2.45, 2.75) is 13.3 Å². The molecule has 2 amide bonds. The Morgan fingerprint density at radius 1 is 1.35 bits per heavy atom. The third kappa shape index (κ3) is 4.28. The van der Waals surface area contributed by atoms with E-state index in [2.05, 4.69) is 5.32 Å². The van der Waals surface area contributed by atoms with Gasteiger partial charge in [-0.2, -0.15) is 0 Å². The quantitative estimate of drug-likeness (QED) is 0.817. The van der Waals surface area contributed by atoms with Gasteiger partial charge in [0.1, 0.15) is 0 Å². The van der Waals surface area contributed by atoms with Crippen molar-refractivity contribution in [2.24, 2.45) is 0 Å². The van der Waals surface area contributed by atoms with E-state index in [9.17, 15) is 9.59 Å². The third-order valence-corrected chi connectivity index (χ3v) is 3.42. The van der Waals surface area contributed by atoms with Crippen LogP contribution in [0, 0.1) is 0 Å². The van der Waals surface area contributed by atoms with Gasteiger partial charge in [-0.15, -0.1) is 0 Å². The molecular weight excluding hydrogens is 301 g/mol. The van der Waals surface area contributed by atoms with Crippen molar-refractivity contribution in [1.82, 2.24) is 10.2 Å². The summed E-state index contributed by atoms with van der Waals surface area (Å²) >= 11 is 11.7. The second-order valence-electron chi connectivity index (χ2n) is 4.37. The van der Waals surface area contributed by atoms with E-state index >= 15 is 0 Å². The SMILES string of the molecule is CCCNC(=O)CN(C)C(=O)c1cc(N)c(Cl)c(Cl)c1. The molecule has 0 aromatic heterocycles. The largest absolute Gasteiger partial charge is 0.397 e. The van der Waals surface area contributed by atoms with Crippen molar-refractivity contribution in [2.75, 3.05) is 25.9 Å². The Balaban J connectivity index is 2.77. The average molecular weight is 318 g/mol. The summed E-state index contributed by atoms with van der Waals surface area (Å²) in [5, 5.41) is 3.12. The van der Waals surface area contributed by atoms with Gasteiger partial charge in [0.2, 0.25) is 5.91 Å². The maximum absolute atomic E-state index is 12.2. The number of likely N-dealkylation sites (N-methyl/N-ethyl adjacent to an activating group) is 1. The lowest BCUT2D eigenvalue weighted by Gasteiger charge is -2.17. The summed E-state index contributed by atoms with van der Waals surface area (Å²) in [5.41, 5.74) is 6.18. The van der Waals surface area contributed by atoms with E-state index in [4.69, 9.17) is 28.9 Å². The number of halogens is 2. The smallest absolute Gasteiger partial charge is 0.254 e. The van der Waals surface area contributed by atoms with Crippen molar-refractivity contribution >= 4 is 40.7 Å². The summed E-state index contributed by atoms with van der Waals surface area (Å²) in [4.78, 5) is 25.0. The monoisotopic (exact) mass is 317 g/mol. The molecule has 0 aliphatic rings. The van der Waals surface area contributed by atoms with Gasteiger partial charge in [0, 0.05) is 19.2 Å². The highest BCUT2D eigenvalue weighted by Gasteiger charge is 2.17. The van der Waals surface area contributed by atoms with Crippen LogP contribution in [0.15, 0.2) is 12.1 Å². The first kappa shape index (κ1) is 16.6. The number of nitrogens with one attached hydrogen (secondary N) is 1. The number of benzene rings is 1. The lowest BCUT2D eigenvalue weighted by molar-refractivity contribution is -0.121. The molecule has 0 heterocycles. The molecule has 0 atom stereocenters. The van der Waals surface area contributed by atoms with E-state index in [1.54, 1.807) is 0 Å². The van der Waals surface area contributed by atoms with Crippen LogP contribution in [-0.4, -0.2) is 36.9 Å². The van der Waals surface area contributed by atoms with Crippen LogP contribution >= 0.6 is 23.2 Å². The Kier molecular flexibility index (Phi) is 6.10. The molecule has 0 spiro atoms. The number of carbonyl (C=O) groups is 2. The summed E-state index contributed by atoms with van der Waals surface area (Å²) in [6.07, 6.45) is 0.840. The van der Waals surface area contributed by atoms with E-state index in [0.29, 0.717) is 12.1 Å². The zero-order valence-corrected chi connectivity index (χ0v) is 12.9. The van der Waals surface area contributed by atoms with Crippen molar-refractivity contribution in [1.29, 1.82) is 0 Å². The molecule has 0 aliphatic heterocycles. The maximum Gasteiger partial charge on any atom is 0.254 e. The van der Waals surface area contributed by atoms with Crippen LogP contribution in [0.2, 0.25) is 10.0 Å². The highest BCUT2D eigenvalue weighted by molar-refractivity contribution is 6.43. The average Bonchev–Trinajstić information content (AvgIpc) is 2.40. The molecule has 3 N–H and O–H groups in total. The minimum absolute atomic E-state index is 0.0288. The van der Waals surface area contributed by atoms with Crippen molar-refractivity contribution in [3.05, 3.63) is 27.7 Å². The molecule has 7 heteroatoms. The summed E-state index contributed by atoms with van der Waals surface area (Å²) in [6.45, 7) is 2.51. The fourth-order valence-electron chi connectivity index (χ4n) is 1.56. The lowest BCUT2D eigenvalue weighted by Crippen LogP contribution is -2.38. The van der Waals surface area contributed by atoms with Crippen LogP contribution in [0.3, 0.4) is 0 Å². The van der Waals surface area contributed by atoms with Crippen molar-refractivity contribution in [3.8, 4) is 0 Å². The third-order valence-electron chi connectivity index (χ3n) is 2.60. The molecule has 0 aliphatic carbocycles. The van der Waals surface area contributed by atoms with Crippen LogP contribution < -0.4 is 11.1 Å². The molecule has 1 aromatic carbocycles. The topological polar surface area (TPSA) is 75.4 Å². The van der Waals surface area contributed by atoms with Gasteiger partial charge in [-0.3, -0.25) is 9.59 Å². The van der Waals surface area contributed by atoms with Crippen LogP contribution in [-0.2, 0) is 4.79 Å². The number of nitrogens with zero attached hydrogens (tertiary/aromatic N) is 1. The molecule has 0 saturated carbocycles. The summed E-state index contributed by atoms with van der Waals surface area (Å²) in [5.74, 6) is -0.558. The van der Waals surface area contributed by atoms with Crippen molar-refractivity contribution in [3.63, 3.8) is 0 Å². The first-order valence-corrected chi connectivity index (χ1v) is 6.89. The van der Waals surface area contributed by atoms with Gasteiger partial charge in [0.25, 0.3) is 5.91 Å². The fraction of sp³-hybridized carbons (Fsp3) is 0.385. The van der Waals surface area contributed by atoms with E-state index in [-0.39, 0.29) is 34.1 Å². The lowest BCUT2D eigenvalue weighted by atomic mass is 10.1. The summed E-state index contributed by atoms with van der Waals surface area (Å²) in [6, 6.07) is 2.88. The molecule has 0 unspecified atom stereocenters. The zero-order chi connectivity index (χ0) is 15.3. The van der Waals surface area contributed by atoms with Crippen molar-refractivity contribution < 1.29 is 9.59 Å². The number of nitrogens with two attached hydrogens (primary N) is 1. The number of hydrogen-bond donors (Lipinski definition) is 2. The first-order valence-electron chi connectivity index (χ1n) is 6.13.